The Hall–Kier alpha value is -1.01. The smallest absolute Gasteiger partial charge is 0.325 e. The number of hydrogen-bond acceptors (Lipinski definition) is 5. The highest BCUT2D eigenvalue weighted by Crippen LogP contribution is 2.42. The molecule has 1 fully saturated rings. The summed E-state index contributed by atoms with van der Waals surface area (Å²) < 4.78 is 5.21. The first kappa shape index (κ1) is 16.4. The van der Waals surface area contributed by atoms with Crippen LogP contribution >= 0.6 is 23.1 Å². The largest absolute Gasteiger partial charge is 0.464 e. The predicted molar refractivity (Wildman–Crippen MR) is 86.5 cm³/mol. The van der Waals surface area contributed by atoms with Crippen LogP contribution in [0.15, 0.2) is 11.4 Å². The first-order valence-corrected chi connectivity index (χ1v) is 9.17. The summed E-state index contributed by atoms with van der Waals surface area (Å²) in [6.45, 7) is 4.65. The molecule has 1 aliphatic heterocycles. The minimum absolute atomic E-state index is 0.0170. The summed E-state index contributed by atoms with van der Waals surface area (Å²) in [6, 6.07) is 2.05. The fourth-order valence-corrected chi connectivity index (χ4v) is 4.67. The maximum atomic E-state index is 12.0. The third-order valence-electron chi connectivity index (χ3n) is 3.40. The van der Waals surface area contributed by atoms with E-state index in [0.29, 0.717) is 12.4 Å². The maximum absolute atomic E-state index is 12.0. The standard InChI is InChI=1S/C15H21NO3S2/c1-3-4-5-7-19-13(18)9-16-12(17)10-21-15(16)14-11(2)6-8-20-14/h6,8,15H,3-5,7,9-10H2,1-2H3. The number of ether oxygens (including phenoxy) is 1. The van der Waals surface area contributed by atoms with Crippen LogP contribution in [-0.2, 0) is 14.3 Å². The van der Waals surface area contributed by atoms with E-state index >= 15 is 0 Å². The van der Waals surface area contributed by atoms with Gasteiger partial charge < -0.3 is 9.64 Å². The molecule has 0 spiro atoms. The van der Waals surface area contributed by atoms with E-state index in [2.05, 4.69) is 6.92 Å². The highest BCUT2D eigenvalue weighted by Gasteiger charge is 2.35. The Labute approximate surface area is 133 Å². The lowest BCUT2D eigenvalue weighted by molar-refractivity contribution is -0.148. The molecule has 0 aliphatic carbocycles. The summed E-state index contributed by atoms with van der Waals surface area (Å²) in [7, 11) is 0. The summed E-state index contributed by atoms with van der Waals surface area (Å²) in [4.78, 5) is 26.7. The average Bonchev–Trinajstić information content (AvgIpc) is 3.02. The SMILES string of the molecule is CCCCCOC(=O)CN1C(=O)CSC1c1sccc1C. The summed E-state index contributed by atoms with van der Waals surface area (Å²) in [5.74, 6) is 0.148. The fourth-order valence-electron chi connectivity index (χ4n) is 2.20. The van der Waals surface area contributed by atoms with E-state index in [1.807, 2.05) is 18.4 Å². The molecule has 116 valence electrons. The van der Waals surface area contributed by atoms with Crippen LogP contribution in [0.25, 0.3) is 0 Å². The number of thioether (sulfide) groups is 1. The van der Waals surface area contributed by atoms with Crippen molar-refractivity contribution in [1.82, 2.24) is 4.90 Å². The molecule has 1 saturated heterocycles. The first-order valence-electron chi connectivity index (χ1n) is 7.24. The molecule has 21 heavy (non-hydrogen) atoms. The van der Waals surface area contributed by atoms with Gasteiger partial charge in [-0.2, -0.15) is 0 Å². The van der Waals surface area contributed by atoms with Crippen molar-refractivity contribution >= 4 is 35.0 Å². The number of carbonyl (C=O) groups is 2. The Balaban J connectivity index is 1.92. The first-order chi connectivity index (χ1) is 10.1. The van der Waals surface area contributed by atoms with Gasteiger partial charge in [-0.15, -0.1) is 23.1 Å². The molecule has 0 aromatic carbocycles. The number of thiophene rings is 1. The predicted octanol–water partition coefficient (Wildman–Crippen LogP) is 3.36. The van der Waals surface area contributed by atoms with E-state index in [4.69, 9.17) is 4.74 Å². The summed E-state index contributed by atoms with van der Waals surface area (Å²) in [5.41, 5.74) is 1.17. The number of aryl methyl sites for hydroxylation is 1. The van der Waals surface area contributed by atoms with Crippen LogP contribution in [0, 0.1) is 6.92 Å². The summed E-state index contributed by atoms with van der Waals surface area (Å²) in [6.07, 6.45) is 3.04. The molecule has 0 N–H and O–H groups in total. The van der Waals surface area contributed by atoms with Gasteiger partial charge in [-0.25, -0.2) is 0 Å². The number of amides is 1. The highest BCUT2D eigenvalue weighted by atomic mass is 32.2. The van der Waals surface area contributed by atoms with Crippen molar-refractivity contribution in [2.24, 2.45) is 0 Å². The van der Waals surface area contributed by atoms with Crippen LogP contribution < -0.4 is 0 Å². The van der Waals surface area contributed by atoms with Gasteiger partial charge >= 0.3 is 5.97 Å². The van der Waals surface area contributed by atoms with Crippen LogP contribution in [0.3, 0.4) is 0 Å². The van der Waals surface area contributed by atoms with Crippen molar-refractivity contribution in [3.8, 4) is 0 Å². The topological polar surface area (TPSA) is 46.6 Å². The molecule has 0 saturated carbocycles. The van der Waals surface area contributed by atoms with Gasteiger partial charge in [0.1, 0.15) is 11.9 Å². The highest BCUT2D eigenvalue weighted by molar-refractivity contribution is 8.00. The van der Waals surface area contributed by atoms with E-state index in [9.17, 15) is 9.59 Å². The number of rotatable bonds is 7. The minimum Gasteiger partial charge on any atom is -0.464 e. The fraction of sp³-hybridized carbons (Fsp3) is 0.600. The van der Waals surface area contributed by atoms with Crippen molar-refractivity contribution in [3.63, 3.8) is 0 Å². The van der Waals surface area contributed by atoms with E-state index in [0.717, 1.165) is 24.1 Å². The number of nitrogens with zero attached hydrogens (tertiary/aromatic N) is 1. The maximum Gasteiger partial charge on any atom is 0.325 e. The lowest BCUT2D eigenvalue weighted by Gasteiger charge is -2.22. The Morgan fingerprint density at radius 2 is 2.29 bits per heavy atom. The third kappa shape index (κ3) is 4.23. The molecule has 1 aromatic heterocycles. The molecule has 1 aliphatic rings. The van der Waals surface area contributed by atoms with Gasteiger partial charge in [0.2, 0.25) is 5.91 Å². The van der Waals surface area contributed by atoms with Gasteiger partial charge in [0.05, 0.1) is 12.4 Å². The zero-order valence-electron chi connectivity index (χ0n) is 12.5. The summed E-state index contributed by atoms with van der Waals surface area (Å²) >= 11 is 3.22. The molecule has 0 bridgehead atoms. The van der Waals surface area contributed by atoms with Crippen LogP contribution in [-0.4, -0.2) is 35.7 Å². The normalized spacial score (nSPS) is 18.3. The van der Waals surface area contributed by atoms with Gasteiger partial charge in [0.15, 0.2) is 0 Å². The van der Waals surface area contributed by atoms with Gasteiger partial charge in [-0.1, -0.05) is 19.8 Å². The molecule has 4 nitrogen and oxygen atoms in total. The molecule has 0 radical (unpaired) electrons. The van der Waals surface area contributed by atoms with Crippen molar-refractivity contribution in [3.05, 3.63) is 21.9 Å². The minimum atomic E-state index is -0.304. The monoisotopic (exact) mass is 327 g/mol. The average molecular weight is 327 g/mol. The molecular formula is C15H21NO3S2. The van der Waals surface area contributed by atoms with E-state index in [-0.39, 0.29) is 23.8 Å². The second kappa shape index (κ2) is 7.84. The number of esters is 1. The molecule has 2 rings (SSSR count). The van der Waals surface area contributed by atoms with Gasteiger partial charge in [0, 0.05) is 4.88 Å². The quantitative estimate of drug-likeness (QED) is 0.569. The van der Waals surface area contributed by atoms with E-state index < -0.39 is 0 Å². The Kier molecular flexibility index (Phi) is 6.11. The second-order valence-corrected chi connectivity index (χ2v) is 7.10. The van der Waals surface area contributed by atoms with Gasteiger partial charge in [0.25, 0.3) is 0 Å². The van der Waals surface area contributed by atoms with Gasteiger partial charge in [-0.3, -0.25) is 9.59 Å². The van der Waals surface area contributed by atoms with Gasteiger partial charge in [-0.05, 0) is 30.4 Å². The molecule has 2 heterocycles. The van der Waals surface area contributed by atoms with E-state index in [1.165, 1.54) is 5.56 Å². The summed E-state index contributed by atoms with van der Waals surface area (Å²) in [5, 5.41) is 1.98. The van der Waals surface area contributed by atoms with Crippen molar-refractivity contribution in [2.75, 3.05) is 18.9 Å². The van der Waals surface area contributed by atoms with E-state index in [1.54, 1.807) is 28.0 Å². The molecular weight excluding hydrogens is 306 g/mol. The zero-order valence-corrected chi connectivity index (χ0v) is 14.1. The number of carbonyl (C=O) groups excluding carboxylic acids is 2. The second-order valence-electron chi connectivity index (χ2n) is 5.08. The Bertz CT molecular complexity index is 501. The van der Waals surface area contributed by atoms with Crippen LogP contribution in [0.1, 0.15) is 42.0 Å². The number of hydrogen-bond donors (Lipinski definition) is 0. The number of unbranched alkanes of at least 4 members (excludes halogenated alkanes) is 2. The zero-order chi connectivity index (χ0) is 15.2. The molecule has 1 atom stereocenters. The lowest BCUT2D eigenvalue weighted by atomic mass is 10.2. The lowest BCUT2D eigenvalue weighted by Crippen LogP contribution is -2.34. The molecule has 1 unspecified atom stereocenters. The van der Waals surface area contributed by atoms with Crippen molar-refractivity contribution in [2.45, 2.75) is 38.5 Å². The van der Waals surface area contributed by atoms with Crippen LogP contribution in [0.4, 0.5) is 0 Å². The molecule has 1 aromatic rings. The van der Waals surface area contributed by atoms with Crippen LogP contribution in [0.5, 0.6) is 0 Å². The Morgan fingerprint density at radius 1 is 1.48 bits per heavy atom. The van der Waals surface area contributed by atoms with Crippen LogP contribution in [0.2, 0.25) is 0 Å². The molecule has 1 amide bonds. The third-order valence-corrected chi connectivity index (χ3v) is 5.84. The molecule has 6 heteroatoms. The Morgan fingerprint density at radius 3 is 2.95 bits per heavy atom. The van der Waals surface area contributed by atoms with Crippen molar-refractivity contribution < 1.29 is 14.3 Å². The van der Waals surface area contributed by atoms with Crippen molar-refractivity contribution in [1.29, 1.82) is 0 Å².